The quantitative estimate of drug-likeness (QED) is 0.943. The number of likely N-dealkylation sites (tertiary alicyclic amines) is 1. The third-order valence-electron chi connectivity index (χ3n) is 4.07. The minimum atomic E-state index is -0.241. The van der Waals surface area contributed by atoms with Crippen LogP contribution < -0.4 is 5.73 Å². The van der Waals surface area contributed by atoms with Gasteiger partial charge in [-0.05, 0) is 38.4 Å². The van der Waals surface area contributed by atoms with Crippen molar-refractivity contribution in [3.05, 3.63) is 29.3 Å². The summed E-state index contributed by atoms with van der Waals surface area (Å²) in [5.74, 6) is 0.179. The topological polar surface area (TPSA) is 59.2 Å². The molecule has 1 aliphatic heterocycles. The number of carbonyl (C=O) groups excluding carboxylic acids is 1. The summed E-state index contributed by atoms with van der Waals surface area (Å²) >= 11 is 1.77. The molecular formula is C15H19N3OS. The van der Waals surface area contributed by atoms with Crippen molar-refractivity contribution in [2.24, 2.45) is 5.73 Å². The zero-order chi connectivity index (χ0) is 14.1. The van der Waals surface area contributed by atoms with Crippen molar-refractivity contribution in [2.45, 2.75) is 31.7 Å². The first-order chi connectivity index (χ1) is 9.65. The first-order valence-corrected chi connectivity index (χ1v) is 7.85. The van der Waals surface area contributed by atoms with Crippen LogP contribution in [0.1, 0.15) is 30.7 Å². The molecule has 20 heavy (non-hydrogen) atoms. The number of para-hydroxylation sites is 1. The maximum Gasteiger partial charge on any atom is 0.234 e. The second-order valence-corrected chi connectivity index (χ2v) is 6.49. The van der Waals surface area contributed by atoms with E-state index in [1.807, 2.05) is 19.1 Å². The van der Waals surface area contributed by atoms with Crippen molar-refractivity contribution in [1.29, 1.82) is 0 Å². The van der Waals surface area contributed by atoms with Crippen LogP contribution in [-0.4, -0.2) is 34.9 Å². The highest BCUT2D eigenvalue weighted by Crippen LogP contribution is 2.33. The zero-order valence-corrected chi connectivity index (χ0v) is 12.4. The van der Waals surface area contributed by atoms with E-state index in [0.717, 1.165) is 31.4 Å². The lowest BCUT2D eigenvalue weighted by atomic mass is 9.97. The molecule has 0 spiro atoms. The Morgan fingerprint density at radius 2 is 2.30 bits per heavy atom. The van der Waals surface area contributed by atoms with E-state index in [1.54, 1.807) is 11.3 Å². The monoisotopic (exact) mass is 289 g/mol. The molecule has 5 heteroatoms. The summed E-state index contributed by atoms with van der Waals surface area (Å²) in [5.41, 5.74) is 6.50. The van der Waals surface area contributed by atoms with Gasteiger partial charge < -0.3 is 5.73 Å². The molecule has 2 aromatic rings. The number of benzene rings is 1. The Bertz CT molecular complexity index is 591. The largest absolute Gasteiger partial charge is 0.368 e. The van der Waals surface area contributed by atoms with Crippen molar-refractivity contribution in [1.82, 2.24) is 9.88 Å². The summed E-state index contributed by atoms with van der Waals surface area (Å²) in [4.78, 5) is 18.3. The SMILES string of the molecule is C[C@@H](C(N)=O)N1CCC[C@H](c2nc3ccccc3s2)C1. The van der Waals surface area contributed by atoms with Gasteiger partial charge in [0.05, 0.1) is 21.3 Å². The Labute approximate surface area is 122 Å². The van der Waals surface area contributed by atoms with Crippen LogP contribution in [-0.2, 0) is 4.79 Å². The Morgan fingerprint density at radius 3 is 3.05 bits per heavy atom. The standard InChI is InChI=1S/C15H19N3OS/c1-10(14(16)19)18-8-4-5-11(9-18)15-17-12-6-2-3-7-13(12)20-15/h2-3,6-7,10-11H,4-5,8-9H2,1H3,(H2,16,19)/t10-,11-/m0/s1. The predicted molar refractivity (Wildman–Crippen MR) is 81.8 cm³/mol. The third kappa shape index (κ3) is 2.55. The van der Waals surface area contributed by atoms with E-state index in [0.29, 0.717) is 5.92 Å². The number of aromatic nitrogens is 1. The van der Waals surface area contributed by atoms with E-state index in [2.05, 4.69) is 17.0 Å². The Morgan fingerprint density at radius 1 is 1.50 bits per heavy atom. The molecule has 0 bridgehead atoms. The summed E-state index contributed by atoms with van der Waals surface area (Å²) in [6.45, 7) is 3.72. The van der Waals surface area contributed by atoms with Gasteiger partial charge in [-0.25, -0.2) is 4.98 Å². The number of fused-ring (bicyclic) bond motifs is 1. The van der Waals surface area contributed by atoms with Gasteiger partial charge in [-0.3, -0.25) is 9.69 Å². The lowest BCUT2D eigenvalue weighted by Gasteiger charge is -2.34. The molecule has 2 N–H and O–H groups in total. The van der Waals surface area contributed by atoms with Gasteiger partial charge in [0.2, 0.25) is 5.91 Å². The highest BCUT2D eigenvalue weighted by atomic mass is 32.1. The highest BCUT2D eigenvalue weighted by Gasteiger charge is 2.28. The van der Waals surface area contributed by atoms with Crippen LogP contribution in [0.15, 0.2) is 24.3 Å². The Balaban J connectivity index is 1.81. The van der Waals surface area contributed by atoms with E-state index in [9.17, 15) is 4.79 Å². The number of nitrogens with two attached hydrogens (primary N) is 1. The van der Waals surface area contributed by atoms with Gasteiger partial charge in [0.15, 0.2) is 0 Å². The fourth-order valence-electron chi connectivity index (χ4n) is 2.80. The van der Waals surface area contributed by atoms with Crippen LogP contribution in [0.4, 0.5) is 0 Å². The van der Waals surface area contributed by atoms with Gasteiger partial charge in [-0.2, -0.15) is 0 Å². The first-order valence-electron chi connectivity index (χ1n) is 7.04. The third-order valence-corrected chi connectivity index (χ3v) is 5.27. The smallest absolute Gasteiger partial charge is 0.234 e. The second-order valence-electron chi connectivity index (χ2n) is 5.43. The molecule has 106 valence electrons. The van der Waals surface area contributed by atoms with E-state index in [1.165, 1.54) is 9.71 Å². The van der Waals surface area contributed by atoms with Crippen molar-refractivity contribution in [3.8, 4) is 0 Å². The van der Waals surface area contributed by atoms with Crippen LogP contribution in [0.2, 0.25) is 0 Å². The Hall–Kier alpha value is -1.46. The van der Waals surface area contributed by atoms with Gasteiger partial charge in [-0.15, -0.1) is 11.3 Å². The second kappa shape index (κ2) is 5.50. The van der Waals surface area contributed by atoms with E-state index in [4.69, 9.17) is 10.7 Å². The number of hydrogen-bond acceptors (Lipinski definition) is 4. The minimum Gasteiger partial charge on any atom is -0.368 e. The molecule has 3 rings (SSSR count). The molecule has 1 aliphatic rings. The number of rotatable bonds is 3. The molecule has 1 fully saturated rings. The molecule has 2 heterocycles. The summed E-state index contributed by atoms with van der Waals surface area (Å²) in [7, 11) is 0. The van der Waals surface area contributed by atoms with Crippen LogP contribution in [0.25, 0.3) is 10.2 Å². The first kappa shape index (κ1) is 13.5. The van der Waals surface area contributed by atoms with Crippen molar-refractivity contribution >= 4 is 27.5 Å². The Kier molecular flexibility index (Phi) is 3.72. The summed E-state index contributed by atoms with van der Waals surface area (Å²) < 4.78 is 1.24. The molecule has 1 aromatic heterocycles. The number of hydrogen-bond donors (Lipinski definition) is 1. The molecule has 1 amide bonds. The summed E-state index contributed by atoms with van der Waals surface area (Å²) in [6, 6.07) is 8.05. The number of piperidine rings is 1. The van der Waals surface area contributed by atoms with Crippen LogP contribution >= 0.6 is 11.3 Å². The van der Waals surface area contributed by atoms with Crippen molar-refractivity contribution in [3.63, 3.8) is 0 Å². The normalized spacial score (nSPS) is 21.9. The van der Waals surface area contributed by atoms with Crippen LogP contribution in [0.3, 0.4) is 0 Å². The maximum absolute atomic E-state index is 11.4. The number of thiazole rings is 1. The lowest BCUT2D eigenvalue weighted by Crippen LogP contribution is -2.47. The van der Waals surface area contributed by atoms with Gasteiger partial charge in [0.25, 0.3) is 0 Å². The predicted octanol–water partition coefficient (Wildman–Crippen LogP) is 2.35. The van der Waals surface area contributed by atoms with E-state index >= 15 is 0 Å². The minimum absolute atomic E-state index is 0.188. The zero-order valence-electron chi connectivity index (χ0n) is 11.6. The van der Waals surface area contributed by atoms with Gasteiger partial charge in [-0.1, -0.05) is 12.1 Å². The van der Waals surface area contributed by atoms with Gasteiger partial charge >= 0.3 is 0 Å². The number of primary amides is 1. The van der Waals surface area contributed by atoms with Crippen molar-refractivity contribution < 1.29 is 4.79 Å². The summed E-state index contributed by atoms with van der Waals surface area (Å²) in [6.07, 6.45) is 2.24. The number of nitrogens with zero attached hydrogens (tertiary/aromatic N) is 2. The van der Waals surface area contributed by atoms with E-state index < -0.39 is 0 Å². The average Bonchev–Trinajstić information content (AvgIpc) is 2.90. The molecule has 1 aromatic carbocycles. The lowest BCUT2D eigenvalue weighted by molar-refractivity contribution is -0.123. The fraction of sp³-hybridized carbons (Fsp3) is 0.467. The molecule has 0 aliphatic carbocycles. The molecule has 0 saturated carbocycles. The average molecular weight is 289 g/mol. The molecular weight excluding hydrogens is 270 g/mol. The fourth-order valence-corrected chi connectivity index (χ4v) is 3.90. The maximum atomic E-state index is 11.4. The van der Waals surface area contributed by atoms with Crippen LogP contribution in [0.5, 0.6) is 0 Å². The molecule has 1 saturated heterocycles. The molecule has 0 radical (unpaired) electrons. The molecule has 0 unspecified atom stereocenters. The van der Waals surface area contributed by atoms with Gasteiger partial charge in [0.1, 0.15) is 0 Å². The van der Waals surface area contributed by atoms with E-state index in [-0.39, 0.29) is 11.9 Å². The van der Waals surface area contributed by atoms with Gasteiger partial charge in [0, 0.05) is 12.5 Å². The summed E-state index contributed by atoms with van der Waals surface area (Å²) in [5, 5.41) is 1.19. The highest BCUT2D eigenvalue weighted by molar-refractivity contribution is 7.18. The van der Waals surface area contributed by atoms with Crippen LogP contribution in [0, 0.1) is 0 Å². The van der Waals surface area contributed by atoms with Crippen molar-refractivity contribution in [2.75, 3.05) is 13.1 Å². The number of carbonyl (C=O) groups is 1. The number of amides is 1. The molecule has 2 atom stereocenters. The molecule has 4 nitrogen and oxygen atoms in total.